The minimum Gasteiger partial charge on any atom is -0.483 e. The summed E-state index contributed by atoms with van der Waals surface area (Å²) >= 11 is 3.61. The molecule has 0 aromatic heterocycles. The minimum atomic E-state index is -0.690. The van der Waals surface area contributed by atoms with E-state index in [2.05, 4.69) is 48.1 Å². The second-order valence-corrected chi connectivity index (χ2v) is 12.1. The first-order valence-corrected chi connectivity index (χ1v) is 14.4. The second-order valence-electron chi connectivity index (χ2n) is 11.2. The van der Waals surface area contributed by atoms with Crippen molar-refractivity contribution in [3.05, 3.63) is 99.5 Å². The number of nitrogens with zero attached hydrogens (tertiary/aromatic N) is 1. The Kier molecular flexibility index (Phi) is 10.8. The Morgan fingerprint density at radius 1 is 0.974 bits per heavy atom. The molecule has 2 atom stereocenters. The Balaban J connectivity index is 1.92. The Morgan fingerprint density at radius 2 is 1.67 bits per heavy atom. The first kappa shape index (κ1) is 30.4. The van der Waals surface area contributed by atoms with Crippen LogP contribution in [-0.2, 0) is 28.0 Å². The SMILES string of the molecule is CCC(C)NC(=O)C(Cc1ccccc1)N(Cc1cccc(C)c1)C(=O)COc1ccc(C(C)(C)C)cc1Br. The zero-order valence-electron chi connectivity index (χ0n) is 24.0. The van der Waals surface area contributed by atoms with Crippen molar-refractivity contribution in [2.75, 3.05) is 6.61 Å². The van der Waals surface area contributed by atoms with Crippen LogP contribution >= 0.6 is 15.9 Å². The summed E-state index contributed by atoms with van der Waals surface area (Å²) < 4.78 is 6.82. The third kappa shape index (κ3) is 8.96. The average molecular weight is 594 g/mol. The van der Waals surface area contributed by atoms with Crippen molar-refractivity contribution < 1.29 is 14.3 Å². The van der Waals surface area contributed by atoms with Crippen molar-refractivity contribution in [3.63, 3.8) is 0 Å². The minimum absolute atomic E-state index is 0.000214. The highest BCUT2D eigenvalue weighted by molar-refractivity contribution is 9.10. The number of hydrogen-bond donors (Lipinski definition) is 1. The van der Waals surface area contributed by atoms with Crippen molar-refractivity contribution >= 4 is 27.7 Å². The van der Waals surface area contributed by atoms with Crippen LogP contribution in [0.2, 0.25) is 0 Å². The van der Waals surface area contributed by atoms with Crippen molar-refractivity contribution in [2.45, 2.75) is 78.4 Å². The maximum atomic E-state index is 13.8. The summed E-state index contributed by atoms with van der Waals surface area (Å²) in [6, 6.07) is 23.1. The fraction of sp³-hybridized carbons (Fsp3) is 0.394. The molecule has 2 unspecified atom stereocenters. The molecule has 0 saturated heterocycles. The van der Waals surface area contributed by atoms with Crippen LogP contribution in [0.15, 0.2) is 77.3 Å². The lowest BCUT2D eigenvalue weighted by atomic mass is 9.87. The van der Waals surface area contributed by atoms with E-state index in [4.69, 9.17) is 4.74 Å². The van der Waals surface area contributed by atoms with Crippen LogP contribution in [0.3, 0.4) is 0 Å². The van der Waals surface area contributed by atoms with E-state index in [-0.39, 0.29) is 29.9 Å². The van der Waals surface area contributed by atoms with E-state index in [1.54, 1.807) is 4.90 Å². The third-order valence-corrected chi connectivity index (χ3v) is 7.48. The number of nitrogens with one attached hydrogen (secondary N) is 1. The zero-order valence-corrected chi connectivity index (χ0v) is 25.5. The molecule has 208 valence electrons. The molecule has 0 heterocycles. The third-order valence-electron chi connectivity index (χ3n) is 6.86. The number of hydrogen-bond acceptors (Lipinski definition) is 3. The number of carbonyl (C=O) groups excluding carboxylic acids is 2. The molecule has 3 aromatic carbocycles. The highest BCUT2D eigenvalue weighted by Gasteiger charge is 2.31. The van der Waals surface area contributed by atoms with Gasteiger partial charge in [0, 0.05) is 19.0 Å². The molecule has 1 N–H and O–H groups in total. The lowest BCUT2D eigenvalue weighted by molar-refractivity contribution is -0.143. The van der Waals surface area contributed by atoms with E-state index in [1.807, 2.05) is 87.5 Å². The number of amides is 2. The molecule has 0 radical (unpaired) electrons. The highest BCUT2D eigenvalue weighted by Crippen LogP contribution is 2.31. The van der Waals surface area contributed by atoms with Crippen molar-refractivity contribution in [3.8, 4) is 5.75 Å². The molecular weight excluding hydrogens is 552 g/mol. The van der Waals surface area contributed by atoms with Crippen molar-refractivity contribution in [1.29, 1.82) is 0 Å². The Hall–Kier alpha value is -3.12. The van der Waals surface area contributed by atoms with Crippen LogP contribution in [0.1, 0.15) is 63.3 Å². The molecule has 5 nitrogen and oxygen atoms in total. The predicted octanol–water partition coefficient (Wildman–Crippen LogP) is 6.99. The van der Waals surface area contributed by atoms with Crippen LogP contribution in [-0.4, -0.2) is 35.4 Å². The first-order chi connectivity index (χ1) is 18.5. The lowest BCUT2D eigenvalue weighted by Gasteiger charge is -2.32. The van der Waals surface area contributed by atoms with E-state index in [0.29, 0.717) is 18.7 Å². The van der Waals surface area contributed by atoms with Crippen LogP contribution in [0.25, 0.3) is 0 Å². The number of aryl methyl sites for hydroxylation is 1. The van der Waals surface area contributed by atoms with Gasteiger partial charge in [-0.3, -0.25) is 9.59 Å². The zero-order chi connectivity index (χ0) is 28.6. The van der Waals surface area contributed by atoms with Crippen LogP contribution < -0.4 is 10.1 Å². The molecule has 0 fully saturated rings. The Morgan fingerprint density at radius 3 is 2.28 bits per heavy atom. The van der Waals surface area contributed by atoms with Gasteiger partial charge in [0.15, 0.2) is 6.61 Å². The van der Waals surface area contributed by atoms with Gasteiger partial charge in [-0.1, -0.05) is 93.9 Å². The van der Waals surface area contributed by atoms with E-state index >= 15 is 0 Å². The topological polar surface area (TPSA) is 58.6 Å². The Labute approximate surface area is 242 Å². The van der Waals surface area contributed by atoms with Crippen LogP contribution in [0.5, 0.6) is 5.75 Å². The van der Waals surface area contributed by atoms with Gasteiger partial charge in [0.25, 0.3) is 5.91 Å². The van der Waals surface area contributed by atoms with Gasteiger partial charge in [0.2, 0.25) is 5.91 Å². The van der Waals surface area contributed by atoms with Crippen LogP contribution in [0, 0.1) is 6.92 Å². The van der Waals surface area contributed by atoms with E-state index < -0.39 is 6.04 Å². The Bertz CT molecular complexity index is 1250. The van der Waals surface area contributed by atoms with E-state index in [0.717, 1.165) is 27.6 Å². The van der Waals surface area contributed by atoms with Gasteiger partial charge in [-0.2, -0.15) is 0 Å². The average Bonchev–Trinajstić information content (AvgIpc) is 2.89. The highest BCUT2D eigenvalue weighted by atomic mass is 79.9. The van der Waals surface area contributed by atoms with Gasteiger partial charge < -0.3 is 15.0 Å². The predicted molar refractivity (Wildman–Crippen MR) is 162 cm³/mol. The summed E-state index contributed by atoms with van der Waals surface area (Å²) in [4.78, 5) is 29.1. The van der Waals surface area contributed by atoms with E-state index in [9.17, 15) is 9.59 Å². The van der Waals surface area contributed by atoms with Gasteiger partial charge in [0.1, 0.15) is 11.8 Å². The monoisotopic (exact) mass is 592 g/mol. The summed E-state index contributed by atoms with van der Waals surface area (Å²) in [6.07, 6.45) is 1.21. The van der Waals surface area contributed by atoms with Crippen molar-refractivity contribution in [2.24, 2.45) is 0 Å². The maximum Gasteiger partial charge on any atom is 0.261 e. The summed E-state index contributed by atoms with van der Waals surface area (Å²) in [5.74, 6) is 0.184. The molecule has 0 aliphatic rings. The van der Waals surface area contributed by atoms with Gasteiger partial charge >= 0.3 is 0 Å². The van der Waals surface area contributed by atoms with Gasteiger partial charge in [-0.05, 0) is 70.4 Å². The molecule has 2 amide bonds. The summed E-state index contributed by atoms with van der Waals surface area (Å²) in [5.41, 5.74) is 4.22. The van der Waals surface area contributed by atoms with Gasteiger partial charge in [-0.15, -0.1) is 0 Å². The molecule has 39 heavy (non-hydrogen) atoms. The standard InChI is InChI=1S/C33H41BrN2O3/c1-7-24(3)35-32(38)29(19-25-13-9-8-10-14-25)36(21-26-15-11-12-23(2)18-26)31(37)22-39-30-17-16-27(20-28(30)34)33(4,5)6/h8-18,20,24,29H,7,19,21-22H2,1-6H3,(H,35,38). The summed E-state index contributed by atoms with van der Waals surface area (Å²) in [7, 11) is 0. The van der Waals surface area contributed by atoms with Gasteiger partial charge in [-0.25, -0.2) is 0 Å². The summed E-state index contributed by atoms with van der Waals surface area (Å²) in [5, 5.41) is 3.10. The summed E-state index contributed by atoms with van der Waals surface area (Å²) in [6.45, 7) is 12.6. The van der Waals surface area contributed by atoms with Crippen LogP contribution in [0.4, 0.5) is 0 Å². The fourth-order valence-electron chi connectivity index (χ4n) is 4.31. The molecule has 0 spiro atoms. The molecule has 0 aliphatic carbocycles. The maximum absolute atomic E-state index is 13.8. The number of rotatable bonds is 11. The van der Waals surface area contributed by atoms with E-state index in [1.165, 1.54) is 5.56 Å². The number of ether oxygens (including phenoxy) is 1. The number of halogens is 1. The van der Waals surface area contributed by atoms with Crippen molar-refractivity contribution in [1.82, 2.24) is 10.2 Å². The molecular formula is C33H41BrN2O3. The quantitative estimate of drug-likeness (QED) is 0.261. The lowest BCUT2D eigenvalue weighted by Crippen LogP contribution is -2.53. The normalized spacial score (nSPS) is 12.9. The number of benzene rings is 3. The second kappa shape index (κ2) is 13.8. The molecule has 6 heteroatoms. The molecule has 3 aromatic rings. The number of carbonyl (C=O) groups is 2. The molecule has 3 rings (SSSR count). The molecule has 0 bridgehead atoms. The molecule has 0 saturated carbocycles. The molecule has 0 aliphatic heterocycles. The largest absolute Gasteiger partial charge is 0.483 e. The van der Waals surface area contributed by atoms with Gasteiger partial charge in [0.05, 0.1) is 4.47 Å². The smallest absolute Gasteiger partial charge is 0.261 e. The fourth-order valence-corrected chi connectivity index (χ4v) is 4.80. The first-order valence-electron chi connectivity index (χ1n) is 13.6.